The van der Waals surface area contributed by atoms with Crippen molar-refractivity contribution in [1.29, 1.82) is 0 Å². The number of carbonyl (C=O) groups is 1. The van der Waals surface area contributed by atoms with E-state index in [2.05, 4.69) is 25.9 Å². The molecular weight excluding hydrogens is 348 g/mol. The Morgan fingerprint density at radius 2 is 1.61 bits per heavy atom. The summed E-state index contributed by atoms with van der Waals surface area (Å²) in [4.78, 5) is 20.1. The number of para-hydroxylation sites is 1. The molecule has 2 aromatic carbocycles. The average molecular weight is 374 g/mol. The van der Waals surface area contributed by atoms with Crippen LogP contribution in [0.15, 0.2) is 60.7 Å². The molecule has 1 unspecified atom stereocenters. The molecule has 1 aliphatic rings. The van der Waals surface area contributed by atoms with Gasteiger partial charge < -0.3 is 4.90 Å². The molecule has 1 atom stereocenters. The van der Waals surface area contributed by atoms with Gasteiger partial charge in [0, 0.05) is 17.6 Å². The Hall–Kier alpha value is -2.95. The molecular formula is C23H26N4O. The van der Waals surface area contributed by atoms with Crippen LogP contribution in [0.2, 0.25) is 0 Å². The molecule has 1 saturated carbocycles. The predicted molar refractivity (Wildman–Crippen MR) is 110 cm³/mol. The standard InChI is InChI=1S/C23H26N4O/c1-16(2)17(3)26(19-14-15-19)23(28)21-24-22(18-10-6-4-7-11-18)27(25-21)20-12-8-5-9-13-20/h4-13,16-17,19H,14-15H2,1-3H3. The molecule has 5 heteroatoms. The van der Waals surface area contributed by atoms with Gasteiger partial charge in [0.1, 0.15) is 0 Å². The van der Waals surface area contributed by atoms with Gasteiger partial charge in [-0.15, -0.1) is 5.10 Å². The molecule has 3 aromatic rings. The van der Waals surface area contributed by atoms with Crippen LogP contribution in [-0.4, -0.2) is 37.7 Å². The first kappa shape index (κ1) is 18.4. The molecule has 0 aliphatic heterocycles. The molecule has 0 spiro atoms. The number of aromatic nitrogens is 3. The third kappa shape index (κ3) is 3.57. The fourth-order valence-corrected chi connectivity index (χ4v) is 3.40. The monoisotopic (exact) mass is 374 g/mol. The van der Waals surface area contributed by atoms with Crippen molar-refractivity contribution in [2.24, 2.45) is 5.92 Å². The Morgan fingerprint density at radius 1 is 1.00 bits per heavy atom. The summed E-state index contributed by atoms with van der Waals surface area (Å²) in [5.41, 5.74) is 1.83. The van der Waals surface area contributed by atoms with Gasteiger partial charge in [0.15, 0.2) is 5.82 Å². The second kappa shape index (κ2) is 7.58. The maximum atomic E-state index is 13.4. The Bertz CT molecular complexity index is 888. The Labute approximate surface area is 166 Å². The van der Waals surface area contributed by atoms with Crippen molar-refractivity contribution >= 4 is 5.91 Å². The SMILES string of the molecule is CC(C)C(C)N(C(=O)c1nc(-c2ccccc2)n(-c2ccccc2)n1)C1CC1. The van der Waals surface area contributed by atoms with Gasteiger partial charge >= 0.3 is 0 Å². The molecule has 0 bridgehead atoms. The second-order valence-electron chi connectivity index (χ2n) is 7.80. The third-order valence-electron chi connectivity index (χ3n) is 5.41. The van der Waals surface area contributed by atoms with Gasteiger partial charge in [-0.1, -0.05) is 62.4 Å². The molecule has 1 amide bonds. The number of amides is 1. The van der Waals surface area contributed by atoms with Crippen LogP contribution in [-0.2, 0) is 0 Å². The zero-order valence-electron chi connectivity index (χ0n) is 16.6. The number of hydrogen-bond acceptors (Lipinski definition) is 3. The van der Waals surface area contributed by atoms with Gasteiger partial charge in [0.05, 0.1) is 5.69 Å². The summed E-state index contributed by atoms with van der Waals surface area (Å²) in [7, 11) is 0. The van der Waals surface area contributed by atoms with Gasteiger partial charge in [-0.3, -0.25) is 4.79 Å². The summed E-state index contributed by atoms with van der Waals surface area (Å²) in [5, 5.41) is 4.64. The lowest BCUT2D eigenvalue weighted by molar-refractivity contribution is 0.0615. The molecule has 0 saturated heterocycles. The molecule has 1 heterocycles. The summed E-state index contributed by atoms with van der Waals surface area (Å²) in [6, 6.07) is 20.2. The quantitative estimate of drug-likeness (QED) is 0.634. The topological polar surface area (TPSA) is 51.0 Å². The van der Waals surface area contributed by atoms with E-state index in [9.17, 15) is 4.79 Å². The Balaban J connectivity index is 1.78. The number of benzene rings is 2. The van der Waals surface area contributed by atoms with E-state index in [1.54, 1.807) is 4.68 Å². The number of carbonyl (C=O) groups excluding carboxylic acids is 1. The lowest BCUT2D eigenvalue weighted by Crippen LogP contribution is -2.43. The normalized spacial score (nSPS) is 14.9. The Kier molecular flexibility index (Phi) is 4.99. The molecule has 28 heavy (non-hydrogen) atoms. The first-order chi connectivity index (χ1) is 13.6. The van der Waals surface area contributed by atoms with E-state index in [1.807, 2.05) is 65.6 Å². The summed E-state index contributed by atoms with van der Waals surface area (Å²) >= 11 is 0. The lowest BCUT2D eigenvalue weighted by Gasteiger charge is -2.31. The minimum Gasteiger partial charge on any atom is -0.330 e. The highest BCUT2D eigenvalue weighted by atomic mass is 16.2. The van der Waals surface area contributed by atoms with Crippen LogP contribution in [0, 0.1) is 5.92 Å². The molecule has 0 N–H and O–H groups in total. The van der Waals surface area contributed by atoms with E-state index in [4.69, 9.17) is 4.98 Å². The predicted octanol–water partition coefficient (Wildman–Crippen LogP) is 4.58. The van der Waals surface area contributed by atoms with Crippen LogP contribution in [0.3, 0.4) is 0 Å². The zero-order valence-corrected chi connectivity index (χ0v) is 16.6. The maximum absolute atomic E-state index is 13.4. The van der Waals surface area contributed by atoms with Crippen molar-refractivity contribution in [1.82, 2.24) is 19.7 Å². The second-order valence-corrected chi connectivity index (χ2v) is 7.80. The Morgan fingerprint density at radius 3 is 2.18 bits per heavy atom. The van der Waals surface area contributed by atoms with Crippen LogP contribution in [0.25, 0.3) is 17.1 Å². The van der Waals surface area contributed by atoms with E-state index in [0.717, 1.165) is 24.1 Å². The van der Waals surface area contributed by atoms with E-state index >= 15 is 0 Å². The molecule has 4 rings (SSSR count). The average Bonchev–Trinajstić information content (AvgIpc) is 3.45. The summed E-state index contributed by atoms with van der Waals surface area (Å²) in [6.07, 6.45) is 2.13. The number of hydrogen-bond donors (Lipinski definition) is 0. The molecule has 1 aliphatic carbocycles. The van der Waals surface area contributed by atoms with E-state index in [1.165, 1.54) is 0 Å². The highest BCUT2D eigenvalue weighted by molar-refractivity contribution is 5.91. The largest absolute Gasteiger partial charge is 0.330 e. The molecule has 1 aromatic heterocycles. The van der Waals surface area contributed by atoms with Crippen LogP contribution in [0.4, 0.5) is 0 Å². The van der Waals surface area contributed by atoms with Gasteiger partial charge in [-0.25, -0.2) is 9.67 Å². The molecule has 0 radical (unpaired) electrons. The summed E-state index contributed by atoms with van der Waals surface area (Å²) in [5.74, 6) is 1.26. The fourth-order valence-electron chi connectivity index (χ4n) is 3.40. The van der Waals surface area contributed by atoms with Crippen molar-refractivity contribution in [3.63, 3.8) is 0 Å². The van der Waals surface area contributed by atoms with E-state index in [-0.39, 0.29) is 17.8 Å². The number of nitrogens with zero attached hydrogens (tertiary/aromatic N) is 4. The van der Waals surface area contributed by atoms with Crippen molar-refractivity contribution < 1.29 is 4.79 Å². The van der Waals surface area contributed by atoms with Crippen LogP contribution in [0.5, 0.6) is 0 Å². The smallest absolute Gasteiger partial charge is 0.294 e. The maximum Gasteiger partial charge on any atom is 0.294 e. The van der Waals surface area contributed by atoms with Gasteiger partial charge in [-0.05, 0) is 37.8 Å². The highest BCUT2D eigenvalue weighted by Gasteiger charge is 2.38. The first-order valence-corrected chi connectivity index (χ1v) is 9.97. The zero-order chi connectivity index (χ0) is 19.7. The summed E-state index contributed by atoms with van der Waals surface area (Å²) in [6.45, 7) is 6.42. The molecule has 144 valence electrons. The van der Waals surface area contributed by atoms with Crippen molar-refractivity contribution in [2.45, 2.75) is 45.7 Å². The van der Waals surface area contributed by atoms with Crippen molar-refractivity contribution in [3.05, 3.63) is 66.5 Å². The third-order valence-corrected chi connectivity index (χ3v) is 5.41. The van der Waals surface area contributed by atoms with E-state index < -0.39 is 0 Å². The fraction of sp³-hybridized carbons (Fsp3) is 0.348. The first-order valence-electron chi connectivity index (χ1n) is 9.97. The van der Waals surface area contributed by atoms with Gasteiger partial charge in [-0.2, -0.15) is 0 Å². The highest BCUT2D eigenvalue weighted by Crippen LogP contribution is 2.32. The minimum absolute atomic E-state index is 0.0736. The van der Waals surface area contributed by atoms with Crippen LogP contribution >= 0.6 is 0 Å². The van der Waals surface area contributed by atoms with Gasteiger partial charge in [0.25, 0.3) is 5.91 Å². The summed E-state index contributed by atoms with van der Waals surface area (Å²) < 4.78 is 1.77. The van der Waals surface area contributed by atoms with Crippen LogP contribution in [0.1, 0.15) is 44.2 Å². The molecule has 1 fully saturated rings. The van der Waals surface area contributed by atoms with Crippen molar-refractivity contribution in [3.8, 4) is 17.1 Å². The van der Waals surface area contributed by atoms with Crippen LogP contribution < -0.4 is 0 Å². The van der Waals surface area contributed by atoms with E-state index in [0.29, 0.717) is 17.8 Å². The molecule has 5 nitrogen and oxygen atoms in total. The van der Waals surface area contributed by atoms with Crippen molar-refractivity contribution in [2.75, 3.05) is 0 Å². The minimum atomic E-state index is -0.0736. The van der Waals surface area contributed by atoms with Gasteiger partial charge in [0.2, 0.25) is 5.82 Å². The number of rotatable bonds is 6. The lowest BCUT2D eigenvalue weighted by atomic mass is 10.0.